The van der Waals surface area contributed by atoms with Crippen molar-refractivity contribution >= 4 is 17.5 Å². The van der Waals surface area contributed by atoms with Gasteiger partial charge >= 0.3 is 11.8 Å². The molecular weight excluding hydrogens is 298 g/mol. The maximum Gasteiger partial charge on any atom is 0.313 e. The molecule has 0 aliphatic carbocycles. The van der Waals surface area contributed by atoms with E-state index >= 15 is 0 Å². The van der Waals surface area contributed by atoms with Gasteiger partial charge < -0.3 is 20.2 Å². The van der Waals surface area contributed by atoms with E-state index in [1.54, 1.807) is 6.07 Å². The Morgan fingerprint density at radius 2 is 1.86 bits per heavy atom. The largest absolute Gasteiger partial charge is 0.467 e. The van der Waals surface area contributed by atoms with Crippen LogP contribution in [0.3, 0.4) is 0 Å². The predicted octanol–water partition coefficient (Wildman–Crippen LogP) is 1.35. The Morgan fingerprint density at radius 1 is 1.18 bits per heavy atom. The van der Waals surface area contributed by atoms with Gasteiger partial charge in [0, 0.05) is 11.8 Å². The average Bonchev–Trinajstić information content (AvgIpc) is 2.97. The summed E-state index contributed by atoms with van der Waals surface area (Å²) in [7, 11) is 0. The molecule has 6 nitrogen and oxygen atoms in total. The number of amides is 2. The van der Waals surface area contributed by atoms with Gasteiger partial charge in [0.15, 0.2) is 0 Å². The number of halogens is 2. The molecule has 0 saturated heterocycles. The van der Waals surface area contributed by atoms with E-state index in [1.165, 1.54) is 12.3 Å². The normalized spacial score (nSPS) is 11.8. The molecule has 0 aliphatic heterocycles. The molecule has 0 bridgehead atoms. The molecule has 2 rings (SSSR count). The lowest BCUT2D eigenvalue weighted by molar-refractivity contribution is -0.136. The summed E-state index contributed by atoms with van der Waals surface area (Å²) < 4.78 is 30.8. The topological polar surface area (TPSA) is 91.6 Å². The number of rotatable bonds is 4. The molecule has 1 heterocycles. The molecule has 2 aromatic rings. The highest BCUT2D eigenvalue weighted by Gasteiger charge is 2.17. The fourth-order valence-electron chi connectivity index (χ4n) is 1.66. The van der Waals surface area contributed by atoms with Crippen molar-refractivity contribution in [3.63, 3.8) is 0 Å². The highest BCUT2D eigenvalue weighted by molar-refractivity contribution is 6.39. The molecule has 0 aliphatic rings. The molecule has 3 N–H and O–H groups in total. The van der Waals surface area contributed by atoms with E-state index < -0.39 is 29.6 Å². The van der Waals surface area contributed by atoms with Gasteiger partial charge in [-0.2, -0.15) is 0 Å². The van der Waals surface area contributed by atoms with E-state index in [1.807, 2.05) is 5.32 Å². The summed E-state index contributed by atoms with van der Waals surface area (Å²) in [4.78, 5) is 23.1. The first-order chi connectivity index (χ1) is 10.5. The number of hydrogen-bond acceptors (Lipinski definition) is 4. The Kier molecular flexibility index (Phi) is 4.84. The minimum atomic E-state index is -1.11. The lowest BCUT2D eigenvalue weighted by Crippen LogP contribution is -2.37. The second-order valence-corrected chi connectivity index (χ2v) is 4.35. The van der Waals surface area contributed by atoms with Crippen LogP contribution in [0.2, 0.25) is 0 Å². The second-order valence-electron chi connectivity index (χ2n) is 4.35. The van der Waals surface area contributed by atoms with Crippen molar-refractivity contribution in [2.24, 2.45) is 0 Å². The minimum Gasteiger partial charge on any atom is -0.467 e. The quantitative estimate of drug-likeness (QED) is 0.743. The van der Waals surface area contributed by atoms with Gasteiger partial charge in [-0.25, -0.2) is 8.78 Å². The fourth-order valence-corrected chi connectivity index (χ4v) is 1.66. The third kappa shape index (κ3) is 4.13. The number of furan rings is 1. The van der Waals surface area contributed by atoms with Gasteiger partial charge in [-0.1, -0.05) is 0 Å². The Balaban J connectivity index is 1.88. The molecule has 1 aromatic heterocycles. The zero-order chi connectivity index (χ0) is 16.1. The number of aliphatic hydroxyl groups excluding tert-OH is 1. The number of carbonyl (C=O) groups excluding carboxylic acids is 2. The van der Waals surface area contributed by atoms with Gasteiger partial charge in [-0.15, -0.1) is 0 Å². The highest BCUT2D eigenvalue weighted by atomic mass is 19.1. The fraction of sp³-hybridized carbons (Fsp3) is 0.143. The van der Waals surface area contributed by atoms with E-state index in [-0.39, 0.29) is 18.0 Å². The number of carbonyl (C=O) groups is 2. The molecular formula is C14H12F2N2O4. The van der Waals surface area contributed by atoms with E-state index in [9.17, 15) is 23.5 Å². The molecule has 8 heteroatoms. The third-order valence-corrected chi connectivity index (χ3v) is 2.65. The molecule has 1 unspecified atom stereocenters. The molecule has 0 radical (unpaired) electrons. The summed E-state index contributed by atoms with van der Waals surface area (Å²) >= 11 is 0. The van der Waals surface area contributed by atoms with Crippen molar-refractivity contribution < 1.29 is 27.9 Å². The summed E-state index contributed by atoms with van der Waals surface area (Å²) in [5.74, 6) is -3.72. The molecule has 0 spiro atoms. The van der Waals surface area contributed by atoms with Crippen LogP contribution >= 0.6 is 0 Å². The van der Waals surface area contributed by atoms with E-state index in [0.29, 0.717) is 6.07 Å². The summed E-state index contributed by atoms with van der Waals surface area (Å²) in [5, 5.41) is 13.9. The molecule has 1 aromatic carbocycles. The zero-order valence-electron chi connectivity index (χ0n) is 11.2. The minimum absolute atomic E-state index is 0.191. The molecule has 1 atom stereocenters. The zero-order valence-corrected chi connectivity index (χ0v) is 11.2. The smallest absolute Gasteiger partial charge is 0.313 e. The van der Waals surface area contributed by atoms with Crippen LogP contribution in [0.1, 0.15) is 11.9 Å². The second kappa shape index (κ2) is 6.81. The molecule has 116 valence electrons. The Hall–Kier alpha value is -2.74. The SMILES string of the molecule is O=C(NCC(O)c1ccco1)C(=O)Nc1cc(F)cc(F)c1. The van der Waals surface area contributed by atoms with Gasteiger partial charge in [-0.3, -0.25) is 9.59 Å². The van der Waals surface area contributed by atoms with Crippen molar-refractivity contribution in [1.82, 2.24) is 5.32 Å². The molecule has 22 heavy (non-hydrogen) atoms. The van der Waals surface area contributed by atoms with E-state index in [0.717, 1.165) is 12.1 Å². The first-order valence-electron chi connectivity index (χ1n) is 6.22. The lowest BCUT2D eigenvalue weighted by atomic mass is 10.2. The Labute approximate surface area is 123 Å². The molecule has 2 amide bonds. The van der Waals surface area contributed by atoms with Crippen molar-refractivity contribution in [3.8, 4) is 0 Å². The monoisotopic (exact) mass is 310 g/mol. The highest BCUT2D eigenvalue weighted by Crippen LogP contribution is 2.13. The van der Waals surface area contributed by atoms with Gasteiger partial charge in [0.25, 0.3) is 0 Å². The summed E-state index contributed by atoms with van der Waals surface area (Å²) in [6, 6.07) is 5.44. The van der Waals surface area contributed by atoms with Gasteiger partial charge in [0.2, 0.25) is 0 Å². The molecule has 0 saturated carbocycles. The van der Waals surface area contributed by atoms with E-state index in [4.69, 9.17) is 4.42 Å². The first-order valence-corrected chi connectivity index (χ1v) is 6.22. The van der Waals surface area contributed by atoms with Crippen LogP contribution in [-0.4, -0.2) is 23.5 Å². The van der Waals surface area contributed by atoms with Crippen LogP contribution in [-0.2, 0) is 9.59 Å². The number of hydrogen-bond donors (Lipinski definition) is 3. The summed E-state index contributed by atoms with van der Waals surface area (Å²) in [6.07, 6.45) is 0.240. The number of anilines is 1. The Morgan fingerprint density at radius 3 is 2.45 bits per heavy atom. The Bertz CT molecular complexity index is 653. The predicted molar refractivity (Wildman–Crippen MR) is 71.7 cm³/mol. The number of nitrogens with one attached hydrogen (secondary N) is 2. The maximum atomic E-state index is 13.0. The number of benzene rings is 1. The van der Waals surface area contributed by atoms with Crippen molar-refractivity contribution in [2.75, 3.05) is 11.9 Å². The number of aliphatic hydroxyl groups is 1. The first kappa shape index (κ1) is 15.6. The molecule has 0 fully saturated rings. The van der Waals surface area contributed by atoms with Crippen LogP contribution < -0.4 is 10.6 Å². The summed E-state index contributed by atoms with van der Waals surface area (Å²) in [6.45, 7) is -0.253. The van der Waals surface area contributed by atoms with Gasteiger partial charge in [0.1, 0.15) is 23.5 Å². The summed E-state index contributed by atoms with van der Waals surface area (Å²) in [5.41, 5.74) is -0.191. The van der Waals surface area contributed by atoms with Gasteiger partial charge in [0.05, 0.1) is 12.8 Å². The van der Waals surface area contributed by atoms with Crippen LogP contribution in [0, 0.1) is 11.6 Å². The third-order valence-electron chi connectivity index (χ3n) is 2.65. The van der Waals surface area contributed by atoms with Crippen LogP contribution in [0.5, 0.6) is 0 Å². The van der Waals surface area contributed by atoms with E-state index in [2.05, 4.69) is 5.32 Å². The van der Waals surface area contributed by atoms with Gasteiger partial charge in [-0.05, 0) is 24.3 Å². The lowest BCUT2D eigenvalue weighted by Gasteiger charge is -2.10. The maximum absolute atomic E-state index is 13.0. The van der Waals surface area contributed by atoms with Crippen molar-refractivity contribution in [3.05, 3.63) is 54.0 Å². The van der Waals surface area contributed by atoms with Crippen molar-refractivity contribution in [2.45, 2.75) is 6.10 Å². The standard InChI is InChI=1S/C14H12F2N2O4/c15-8-4-9(16)6-10(5-8)18-14(21)13(20)17-7-11(19)12-2-1-3-22-12/h1-6,11,19H,7H2,(H,17,20)(H,18,21). The average molecular weight is 310 g/mol. The van der Waals surface area contributed by atoms with Crippen LogP contribution in [0.15, 0.2) is 41.0 Å². The van der Waals surface area contributed by atoms with Crippen molar-refractivity contribution in [1.29, 1.82) is 0 Å². The van der Waals surface area contributed by atoms with Crippen LogP contribution in [0.4, 0.5) is 14.5 Å². The van der Waals surface area contributed by atoms with Crippen LogP contribution in [0.25, 0.3) is 0 Å².